The van der Waals surface area contributed by atoms with Crippen LogP contribution in [-0.4, -0.2) is 20.3 Å². The largest absolute Gasteiger partial charge is 0.389 e. The summed E-state index contributed by atoms with van der Waals surface area (Å²) in [5, 5.41) is 11.1. The van der Waals surface area contributed by atoms with Gasteiger partial charge in [-0.2, -0.15) is 0 Å². The van der Waals surface area contributed by atoms with Gasteiger partial charge in [0.25, 0.3) is 0 Å². The van der Waals surface area contributed by atoms with E-state index >= 15 is 0 Å². The quantitative estimate of drug-likeness (QED) is 0.932. The Morgan fingerprint density at radius 1 is 1.33 bits per heavy atom. The van der Waals surface area contributed by atoms with E-state index in [0.29, 0.717) is 5.92 Å². The first-order valence-corrected chi connectivity index (χ1v) is 8.36. The summed E-state index contributed by atoms with van der Waals surface area (Å²) in [7, 11) is 0. The third-order valence-corrected chi connectivity index (χ3v) is 5.59. The second-order valence-electron chi connectivity index (χ2n) is 7.03. The van der Waals surface area contributed by atoms with Gasteiger partial charge in [-0.1, -0.05) is 19.1 Å². The van der Waals surface area contributed by atoms with Crippen LogP contribution in [0.5, 0.6) is 0 Å². The lowest BCUT2D eigenvalue weighted by Gasteiger charge is -2.32. The van der Waals surface area contributed by atoms with Crippen LogP contribution >= 0.6 is 0 Å². The standard InChI is InChI=1S/C18H24N2O/c1-2-9-20-16-6-4-3-5-15(16)19-17(20)12-18(21)11-13-7-8-14(18)10-13/h3-6,13-14,21H,2,7-12H2,1H3. The van der Waals surface area contributed by atoms with Crippen molar-refractivity contribution in [2.24, 2.45) is 11.8 Å². The van der Waals surface area contributed by atoms with E-state index in [2.05, 4.69) is 29.7 Å². The van der Waals surface area contributed by atoms with Crippen molar-refractivity contribution in [1.29, 1.82) is 0 Å². The van der Waals surface area contributed by atoms with Crippen LogP contribution < -0.4 is 0 Å². The molecule has 3 heteroatoms. The summed E-state index contributed by atoms with van der Waals surface area (Å²) < 4.78 is 2.32. The average molecular weight is 284 g/mol. The van der Waals surface area contributed by atoms with E-state index in [4.69, 9.17) is 4.98 Å². The monoisotopic (exact) mass is 284 g/mol. The summed E-state index contributed by atoms with van der Waals surface area (Å²) in [5.74, 6) is 2.33. The third kappa shape index (κ3) is 2.10. The minimum Gasteiger partial charge on any atom is -0.389 e. The van der Waals surface area contributed by atoms with E-state index in [1.54, 1.807) is 0 Å². The minimum atomic E-state index is -0.504. The zero-order valence-electron chi connectivity index (χ0n) is 12.8. The van der Waals surface area contributed by atoms with Gasteiger partial charge >= 0.3 is 0 Å². The molecular formula is C18H24N2O. The molecule has 1 aromatic heterocycles. The van der Waals surface area contributed by atoms with Crippen LogP contribution in [0.15, 0.2) is 24.3 Å². The molecule has 2 aromatic rings. The van der Waals surface area contributed by atoms with E-state index in [0.717, 1.165) is 43.1 Å². The Kier molecular flexibility index (Phi) is 3.07. The molecule has 0 amide bonds. The predicted molar refractivity (Wildman–Crippen MR) is 84.1 cm³/mol. The molecule has 3 unspecified atom stereocenters. The normalized spacial score (nSPS) is 31.3. The second-order valence-corrected chi connectivity index (χ2v) is 7.03. The third-order valence-electron chi connectivity index (χ3n) is 5.59. The molecule has 1 heterocycles. The Morgan fingerprint density at radius 3 is 2.90 bits per heavy atom. The van der Waals surface area contributed by atoms with Gasteiger partial charge in [-0.05, 0) is 56.1 Å². The molecule has 0 radical (unpaired) electrons. The maximum Gasteiger partial charge on any atom is 0.112 e. The molecule has 4 rings (SSSR count). The summed E-state index contributed by atoms with van der Waals surface area (Å²) >= 11 is 0. The molecule has 112 valence electrons. The molecule has 2 bridgehead atoms. The molecule has 2 aliphatic carbocycles. The fourth-order valence-electron chi connectivity index (χ4n) is 4.64. The number of imidazole rings is 1. The van der Waals surface area contributed by atoms with Gasteiger partial charge in [0.05, 0.1) is 16.6 Å². The van der Waals surface area contributed by atoms with Gasteiger partial charge in [0, 0.05) is 13.0 Å². The highest BCUT2D eigenvalue weighted by molar-refractivity contribution is 5.75. The van der Waals surface area contributed by atoms with Crippen molar-refractivity contribution < 1.29 is 5.11 Å². The fraction of sp³-hybridized carbons (Fsp3) is 0.611. The zero-order chi connectivity index (χ0) is 14.4. The van der Waals surface area contributed by atoms with Crippen LogP contribution in [0.4, 0.5) is 0 Å². The summed E-state index contributed by atoms with van der Waals surface area (Å²) in [6, 6.07) is 8.34. The van der Waals surface area contributed by atoms with Crippen LogP contribution in [0, 0.1) is 11.8 Å². The van der Waals surface area contributed by atoms with Crippen molar-refractivity contribution in [2.45, 2.75) is 57.6 Å². The van der Waals surface area contributed by atoms with Crippen LogP contribution in [0.25, 0.3) is 11.0 Å². The highest BCUT2D eigenvalue weighted by atomic mass is 16.3. The maximum atomic E-state index is 11.1. The van der Waals surface area contributed by atoms with E-state index in [-0.39, 0.29) is 0 Å². The molecule has 2 fully saturated rings. The minimum absolute atomic E-state index is 0.498. The van der Waals surface area contributed by atoms with Gasteiger partial charge in [0.1, 0.15) is 5.82 Å². The predicted octanol–water partition coefficient (Wildman–Crippen LogP) is 3.54. The summed E-state index contributed by atoms with van der Waals surface area (Å²) in [6.45, 7) is 3.19. The molecule has 3 atom stereocenters. The average Bonchev–Trinajstić information content (AvgIpc) is 3.13. The number of rotatable bonds is 4. The molecule has 0 saturated heterocycles. The number of nitrogens with zero attached hydrogens (tertiary/aromatic N) is 2. The fourth-order valence-corrected chi connectivity index (χ4v) is 4.64. The van der Waals surface area contributed by atoms with E-state index in [9.17, 15) is 5.11 Å². The van der Waals surface area contributed by atoms with E-state index in [1.165, 1.54) is 24.8 Å². The molecule has 21 heavy (non-hydrogen) atoms. The van der Waals surface area contributed by atoms with Crippen LogP contribution in [0.1, 0.15) is 44.9 Å². The van der Waals surface area contributed by atoms with Crippen molar-refractivity contribution in [3.63, 3.8) is 0 Å². The number of aliphatic hydroxyl groups is 1. The maximum absolute atomic E-state index is 11.1. The molecule has 2 saturated carbocycles. The number of hydrogen-bond acceptors (Lipinski definition) is 2. The van der Waals surface area contributed by atoms with Gasteiger partial charge in [0.15, 0.2) is 0 Å². The number of aryl methyl sites for hydroxylation is 1. The number of para-hydroxylation sites is 2. The first-order valence-electron chi connectivity index (χ1n) is 8.36. The first kappa shape index (κ1) is 13.3. The van der Waals surface area contributed by atoms with Gasteiger partial charge in [0.2, 0.25) is 0 Å². The molecule has 1 N–H and O–H groups in total. The first-order chi connectivity index (χ1) is 10.2. The number of aromatic nitrogens is 2. The van der Waals surface area contributed by atoms with Gasteiger partial charge < -0.3 is 9.67 Å². The lowest BCUT2D eigenvalue weighted by molar-refractivity contribution is -0.0147. The Morgan fingerprint density at radius 2 is 2.19 bits per heavy atom. The van der Waals surface area contributed by atoms with E-state index < -0.39 is 5.60 Å². The lowest BCUT2D eigenvalue weighted by Crippen LogP contribution is -2.38. The summed E-state index contributed by atoms with van der Waals surface area (Å²) in [6.07, 6.45) is 6.55. The van der Waals surface area contributed by atoms with Crippen molar-refractivity contribution in [3.8, 4) is 0 Å². The van der Waals surface area contributed by atoms with Crippen molar-refractivity contribution in [2.75, 3.05) is 0 Å². The summed E-state index contributed by atoms with van der Waals surface area (Å²) in [4.78, 5) is 4.83. The van der Waals surface area contributed by atoms with Crippen LogP contribution in [0.2, 0.25) is 0 Å². The molecular weight excluding hydrogens is 260 g/mol. The highest BCUT2D eigenvalue weighted by Crippen LogP contribution is 2.51. The molecule has 0 aliphatic heterocycles. The number of benzene rings is 1. The van der Waals surface area contributed by atoms with Gasteiger partial charge in [-0.3, -0.25) is 0 Å². The van der Waals surface area contributed by atoms with Crippen LogP contribution in [0.3, 0.4) is 0 Å². The molecule has 3 nitrogen and oxygen atoms in total. The zero-order valence-corrected chi connectivity index (χ0v) is 12.8. The van der Waals surface area contributed by atoms with Crippen molar-refractivity contribution in [3.05, 3.63) is 30.1 Å². The van der Waals surface area contributed by atoms with Crippen LogP contribution in [-0.2, 0) is 13.0 Å². The molecule has 1 aromatic carbocycles. The Bertz CT molecular complexity index is 662. The van der Waals surface area contributed by atoms with Gasteiger partial charge in [-0.15, -0.1) is 0 Å². The Hall–Kier alpha value is -1.35. The summed E-state index contributed by atoms with van der Waals surface area (Å²) in [5.41, 5.74) is 1.77. The van der Waals surface area contributed by atoms with E-state index in [1.807, 2.05) is 6.07 Å². The Labute approximate surface area is 126 Å². The van der Waals surface area contributed by atoms with Gasteiger partial charge in [-0.25, -0.2) is 4.98 Å². The molecule has 0 spiro atoms. The van der Waals surface area contributed by atoms with Crippen molar-refractivity contribution in [1.82, 2.24) is 9.55 Å². The SMILES string of the molecule is CCCn1c(CC2(O)CC3CCC2C3)nc2ccccc21. The number of fused-ring (bicyclic) bond motifs is 3. The number of hydrogen-bond donors (Lipinski definition) is 1. The lowest BCUT2D eigenvalue weighted by atomic mass is 9.81. The second kappa shape index (κ2) is 4.84. The highest BCUT2D eigenvalue weighted by Gasteiger charge is 2.50. The topological polar surface area (TPSA) is 38.0 Å². The smallest absolute Gasteiger partial charge is 0.112 e. The Balaban J connectivity index is 1.71. The molecule has 2 aliphatic rings. The van der Waals surface area contributed by atoms with Crippen molar-refractivity contribution >= 4 is 11.0 Å².